The fourth-order valence-corrected chi connectivity index (χ4v) is 3.35. The molecule has 1 heterocycles. The summed E-state index contributed by atoms with van der Waals surface area (Å²) in [4.78, 5) is 21.1. The van der Waals surface area contributed by atoms with E-state index >= 15 is 0 Å². The third-order valence-corrected chi connectivity index (χ3v) is 5.70. The number of hydrogen-bond acceptors (Lipinski definition) is 6. The normalized spacial score (nSPS) is 11.3. The molecule has 0 atom stereocenters. The van der Waals surface area contributed by atoms with Crippen molar-refractivity contribution in [2.75, 3.05) is 19.5 Å². The molecule has 1 amide bonds. The maximum atomic E-state index is 12.4. The molecule has 0 spiro atoms. The summed E-state index contributed by atoms with van der Waals surface area (Å²) in [7, 11) is -1.21. The van der Waals surface area contributed by atoms with E-state index < -0.39 is 10.0 Å². The summed E-state index contributed by atoms with van der Waals surface area (Å²) in [5.74, 6) is 0.911. The van der Waals surface area contributed by atoms with Gasteiger partial charge >= 0.3 is 0 Å². The van der Waals surface area contributed by atoms with Crippen LogP contribution in [0.3, 0.4) is 0 Å². The highest BCUT2D eigenvalue weighted by molar-refractivity contribution is 7.89. The molecule has 3 aromatic rings. The molecule has 0 aliphatic rings. The van der Waals surface area contributed by atoms with Gasteiger partial charge in [-0.1, -0.05) is 4.47 Å². The van der Waals surface area contributed by atoms with Crippen LogP contribution in [0, 0.1) is 0 Å². The Bertz CT molecular complexity index is 1070. The van der Waals surface area contributed by atoms with E-state index in [4.69, 9.17) is 9.57 Å². The van der Waals surface area contributed by atoms with Crippen molar-refractivity contribution >= 4 is 21.6 Å². The predicted octanol–water partition coefficient (Wildman–Crippen LogP) is 3.31. The molecule has 1 N–H and O–H groups in total. The Morgan fingerprint density at radius 2 is 1.52 bits per heavy atom. The van der Waals surface area contributed by atoms with Crippen molar-refractivity contribution < 1.29 is 22.8 Å². The molecule has 1 aromatic heterocycles. The van der Waals surface area contributed by atoms with Crippen LogP contribution in [0.1, 0.15) is 10.4 Å². The molecule has 0 fully saturated rings. The van der Waals surface area contributed by atoms with Crippen LogP contribution in [-0.2, 0) is 14.9 Å². The third-order valence-electron chi connectivity index (χ3n) is 4.01. The average molecular weight is 413 g/mol. The van der Waals surface area contributed by atoms with E-state index in [0.717, 1.165) is 4.47 Å². The topological polar surface area (TPSA) is 97.8 Å². The Morgan fingerprint density at radius 3 is 2.10 bits per heavy atom. The number of hydrogen-bond donors (Lipinski definition) is 1. The number of benzene rings is 2. The van der Waals surface area contributed by atoms with E-state index in [-0.39, 0.29) is 10.8 Å². The van der Waals surface area contributed by atoms with Gasteiger partial charge in [-0.2, -0.15) is 0 Å². The van der Waals surface area contributed by atoms with Crippen molar-refractivity contribution in [1.29, 1.82) is 0 Å². The molecule has 29 heavy (non-hydrogen) atoms. The van der Waals surface area contributed by atoms with Crippen LogP contribution in [-0.4, -0.2) is 37.9 Å². The smallest absolute Gasteiger partial charge is 0.264 e. The molecular weight excluding hydrogens is 394 g/mol. The van der Waals surface area contributed by atoms with Gasteiger partial charge in [-0.05, 0) is 60.7 Å². The average Bonchev–Trinajstić information content (AvgIpc) is 2.75. The van der Waals surface area contributed by atoms with Crippen LogP contribution in [0.15, 0.2) is 78.0 Å². The number of pyridine rings is 1. The van der Waals surface area contributed by atoms with Gasteiger partial charge in [-0.3, -0.25) is 14.6 Å². The molecule has 0 bridgehead atoms. The van der Waals surface area contributed by atoms with Gasteiger partial charge in [-0.15, -0.1) is 0 Å². The van der Waals surface area contributed by atoms with Crippen molar-refractivity contribution in [2.45, 2.75) is 4.90 Å². The molecule has 0 saturated heterocycles. The summed E-state index contributed by atoms with van der Waals surface area (Å²) in [5, 5.41) is 2.75. The lowest BCUT2D eigenvalue weighted by Gasteiger charge is -2.14. The number of amides is 1. The number of sulfonamides is 1. The molecule has 0 aliphatic heterocycles. The molecule has 150 valence electrons. The summed E-state index contributed by atoms with van der Waals surface area (Å²) in [5.41, 5.74) is 0.897. The summed E-state index contributed by atoms with van der Waals surface area (Å²) in [6, 6.07) is 15.9. The van der Waals surface area contributed by atoms with Crippen LogP contribution in [0.25, 0.3) is 0 Å². The predicted molar refractivity (Wildman–Crippen MR) is 107 cm³/mol. The highest BCUT2D eigenvalue weighted by Crippen LogP contribution is 2.23. The first kappa shape index (κ1) is 20.5. The molecule has 2 aromatic carbocycles. The van der Waals surface area contributed by atoms with Gasteiger partial charge in [-0.25, -0.2) is 8.42 Å². The number of hydroxylamine groups is 1. The first-order valence-corrected chi connectivity index (χ1v) is 9.96. The second kappa shape index (κ2) is 8.82. The maximum absolute atomic E-state index is 12.4. The first-order valence-electron chi connectivity index (χ1n) is 8.52. The Kier molecular flexibility index (Phi) is 6.23. The Hall–Kier alpha value is -3.27. The second-order valence-electron chi connectivity index (χ2n) is 5.89. The first-order chi connectivity index (χ1) is 13.9. The SMILES string of the molecule is CON(C)S(=O)(=O)c1ccc(C(=O)Nc2ccc(Oc3ccncc3)cc2)cc1. The Labute approximate surface area is 168 Å². The molecule has 8 nitrogen and oxygen atoms in total. The van der Waals surface area contributed by atoms with Crippen LogP contribution in [0.5, 0.6) is 11.5 Å². The Balaban J connectivity index is 1.66. The van der Waals surface area contributed by atoms with Crippen molar-refractivity contribution in [2.24, 2.45) is 0 Å². The Morgan fingerprint density at radius 1 is 0.931 bits per heavy atom. The number of anilines is 1. The molecule has 0 saturated carbocycles. The van der Waals surface area contributed by atoms with E-state index in [1.807, 2.05) is 0 Å². The fourth-order valence-electron chi connectivity index (χ4n) is 2.38. The van der Waals surface area contributed by atoms with Crippen molar-refractivity contribution in [3.05, 3.63) is 78.6 Å². The monoisotopic (exact) mass is 413 g/mol. The standard InChI is InChI=1S/C20H19N3O5S/c1-23(27-2)29(25,26)19-9-3-15(4-10-19)20(24)22-16-5-7-17(8-6-16)28-18-11-13-21-14-12-18/h3-14H,1-2H3,(H,22,24). The highest BCUT2D eigenvalue weighted by atomic mass is 32.2. The molecule has 0 unspecified atom stereocenters. The van der Waals surface area contributed by atoms with Crippen molar-refractivity contribution in [1.82, 2.24) is 9.45 Å². The van der Waals surface area contributed by atoms with Gasteiger partial charge in [0.05, 0.1) is 12.0 Å². The minimum atomic E-state index is -3.76. The van der Waals surface area contributed by atoms with Gasteiger partial charge < -0.3 is 10.1 Å². The lowest BCUT2D eigenvalue weighted by atomic mass is 10.2. The van der Waals surface area contributed by atoms with Gasteiger partial charge in [0, 0.05) is 30.7 Å². The number of aromatic nitrogens is 1. The summed E-state index contributed by atoms with van der Waals surface area (Å²) in [6.45, 7) is 0. The van der Waals surface area contributed by atoms with Gasteiger partial charge in [0.25, 0.3) is 15.9 Å². The van der Waals surface area contributed by atoms with Crippen molar-refractivity contribution in [3.8, 4) is 11.5 Å². The number of carbonyl (C=O) groups is 1. The number of ether oxygens (including phenoxy) is 1. The van der Waals surface area contributed by atoms with E-state index in [0.29, 0.717) is 22.7 Å². The largest absolute Gasteiger partial charge is 0.457 e. The lowest BCUT2D eigenvalue weighted by molar-refractivity contribution is -0.0258. The van der Waals surface area contributed by atoms with E-state index in [1.54, 1.807) is 48.8 Å². The van der Waals surface area contributed by atoms with Gasteiger partial charge in [0.2, 0.25) is 0 Å². The van der Waals surface area contributed by atoms with Crippen LogP contribution < -0.4 is 10.1 Å². The van der Waals surface area contributed by atoms with Crippen LogP contribution in [0.2, 0.25) is 0 Å². The molecule has 9 heteroatoms. The van der Waals surface area contributed by atoms with Gasteiger partial charge in [0.1, 0.15) is 11.5 Å². The van der Waals surface area contributed by atoms with E-state index in [9.17, 15) is 13.2 Å². The van der Waals surface area contributed by atoms with Crippen molar-refractivity contribution in [3.63, 3.8) is 0 Å². The minimum absolute atomic E-state index is 0.0241. The quantitative estimate of drug-likeness (QED) is 0.597. The molecule has 0 radical (unpaired) electrons. The lowest BCUT2D eigenvalue weighted by Crippen LogP contribution is -2.25. The second-order valence-corrected chi connectivity index (χ2v) is 7.82. The zero-order chi connectivity index (χ0) is 20.9. The molecular formula is C20H19N3O5S. The number of rotatable bonds is 7. The van der Waals surface area contributed by atoms with E-state index in [2.05, 4.69) is 10.3 Å². The summed E-state index contributed by atoms with van der Waals surface area (Å²) >= 11 is 0. The number of nitrogens with one attached hydrogen (secondary N) is 1. The summed E-state index contributed by atoms with van der Waals surface area (Å²) in [6.07, 6.45) is 3.27. The molecule has 0 aliphatic carbocycles. The van der Waals surface area contributed by atoms with E-state index in [1.165, 1.54) is 38.4 Å². The van der Waals surface area contributed by atoms with Gasteiger partial charge in [0.15, 0.2) is 0 Å². The minimum Gasteiger partial charge on any atom is -0.457 e. The van der Waals surface area contributed by atoms with Crippen LogP contribution >= 0.6 is 0 Å². The van der Waals surface area contributed by atoms with Crippen LogP contribution in [0.4, 0.5) is 5.69 Å². The zero-order valence-corrected chi connectivity index (χ0v) is 16.6. The zero-order valence-electron chi connectivity index (χ0n) is 15.8. The summed E-state index contributed by atoms with van der Waals surface area (Å²) < 4.78 is 30.8. The number of carbonyl (C=O) groups excluding carboxylic acids is 1. The fraction of sp³-hybridized carbons (Fsp3) is 0.100. The highest BCUT2D eigenvalue weighted by Gasteiger charge is 2.21. The maximum Gasteiger partial charge on any atom is 0.264 e. The molecule has 3 rings (SSSR count). The third kappa shape index (κ3) is 4.96. The number of nitrogens with zero attached hydrogens (tertiary/aromatic N) is 2.